The van der Waals surface area contributed by atoms with E-state index in [2.05, 4.69) is 107 Å². The highest BCUT2D eigenvalue weighted by atomic mass is 16.5. The van der Waals surface area contributed by atoms with Crippen molar-refractivity contribution < 1.29 is 18.6 Å². The second kappa shape index (κ2) is 10.5. The summed E-state index contributed by atoms with van der Waals surface area (Å²) in [5, 5.41) is 5.18. The van der Waals surface area contributed by atoms with Crippen LogP contribution in [0, 0.1) is 13.8 Å². The number of ether oxygens (including phenoxy) is 2. The molecule has 0 N–H and O–H groups in total. The predicted molar refractivity (Wildman–Crippen MR) is 162 cm³/mol. The Morgan fingerprint density at radius 3 is 1.40 bits per heavy atom. The normalized spacial score (nSPS) is 11.8. The maximum Gasteiger partial charge on any atom is 0.202 e. The second-order valence-electron chi connectivity index (χ2n) is 11.0. The minimum atomic E-state index is 0.898. The highest BCUT2D eigenvalue weighted by molar-refractivity contribution is 6.09. The van der Waals surface area contributed by atoms with Crippen molar-refractivity contribution in [3.05, 3.63) is 72.3 Å². The molecule has 0 amide bonds. The van der Waals surface area contributed by atoms with Crippen LogP contribution in [0.3, 0.4) is 0 Å². The van der Waals surface area contributed by atoms with E-state index in [-0.39, 0.29) is 0 Å². The van der Waals surface area contributed by atoms with Gasteiger partial charge in [0.2, 0.25) is 11.4 Å². The van der Waals surface area contributed by atoms with Gasteiger partial charge in [-0.15, -0.1) is 0 Å². The fourth-order valence-corrected chi connectivity index (χ4v) is 6.58. The summed E-state index contributed by atoms with van der Waals surface area (Å²) in [7, 11) is 7.77. The summed E-state index contributed by atoms with van der Waals surface area (Å²) in [5.74, 6) is 1.80. The van der Waals surface area contributed by atoms with Gasteiger partial charge in [0, 0.05) is 86.6 Å². The Bertz CT molecular complexity index is 1740. The molecule has 2 aromatic carbocycles. The number of unbranched alkanes of at least 4 members (excludes halogenated alkanes) is 3. The van der Waals surface area contributed by atoms with Gasteiger partial charge in [0.25, 0.3) is 0 Å². The average Bonchev–Trinajstić information content (AvgIpc) is 3.43. The number of hydrogen-bond acceptors (Lipinski definition) is 2. The van der Waals surface area contributed by atoms with Crippen LogP contribution in [0.25, 0.3) is 43.6 Å². The third kappa shape index (κ3) is 4.26. The van der Waals surface area contributed by atoms with Crippen molar-refractivity contribution in [1.82, 2.24) is 9.13 Å². The number of benzene rings is 2. The molecule has 6 nitrogen and oxygen atoms in total. The Labute approximate surface area is 236 Å². The van der Waals surface area contributed by atoms with E-state index in [1.54, 1.807) is 14.2 Å². The molecule has 0 aliphatic rings. The molecule has 206 valence electrons. The van der Waals surface area contributed by atoms with E-state index in [1.807, 2.05) is 0 Å². The molecule has 0 saturated carbocycles. The average molecular weight is 537 g/mol. The molecule has 0 fully saturated rings. The highest BCUT2D eigenvalue weighted by Gasteiger charge is 2.19. The van der Waals surface area contributed by atoms with Crippen molar-refractivity contribution in [2.45, 2.75) is 52.6 Å². The standard InChI is InChI=1S/C34H40N4O2/c1-23-33-29(27-13-11-25(39-5)21-31(27)35(33)3)15-19-37(23)17-9-7-8-10-18-38-20-16-30-28-14-12-26(40-6)22-32(28)36(4)34(30)24(38)2/h11-16,19-22H,7-10,17-18H2,1-6H3/q+2. The van der Waals surface area contributed by atoms with E-state index >= 15 is 0 Å². The van der Waals surface area contributed by atoms with Crippen LogP contribution in [-0.2, 0) is 27.2 Å². The summed E-state index contributed by atoms with van der Waals surface area (Å²) in [6, 6.07) is 17.3. The number of methoxy groups -OCH3 is 2. The van der Waals surface area contributed by atoms with Gasteiger partial charge in [-0.25, -0.2) is 9.13 Å². The van der Waals surface area contributed by atoms with Crippen LogP contribution in [0.2, 0.25) is 0 Å². The zero-order chi connectivity index (χ0) is 28.0. The van der Waals surface area contributed by atoms with Gasteiger partial charge < -0.3 is 18.6 Å². The minimum Gasteiger partial charge on any atom is -0.497 e. The smallest absolute Gasteiger partial charge is 0.202 e. The van der Waals surface area contributed by atoms with Crippen LogP contribution in [0.15, 0.2) is 60.9 Å². The summed E-state index contributed by atoms with van der Waals surface area (Å²) in [6.45, 7) is 6.59. The van der Waals surface area contributed by atoms with Gasteiger partial charge in [0.1, 0.15) is 35.6 Å². The molecule has 6 aromatic rings. The van der Waals surface area contributed by atoms with Crippen LogP contribution in [0.4, 0.5) is 0 Å². The molecule has 40 heavy (non-hydrogen) atoms. The van der Waals surface area contributed by atoms with Crippen molar-refractivity contribution in [1.29, 1.82) is 0 Å². The lowest BCUT2D eigenvalue weighted by Gasteiger charge is -2.05. The topological polar surface area (TPSA) is 36.1 Å². The van der Waals surface area contributed by atoms with E-state index in [0.29, 0.717) is 0 Å². The van der Waals surface area contributed by atoms with Crippen molar-refractivity contribution in [2.24, 2.45) is 14.1 Å². The van der Waals surface area contributed by atoms with Gasteiger partial charge in [0.05, 0.1) is 25.3 Å². The lowest BCUT2D eigenvalue weighted by atomic mass is 10.1. The van der Waals surface area contributed by atoms with Crippen LogP contribution in [0.1, 0.15) is 37.1 Å². The molecule has 0 atom stereocenters. The number of hydrogen-bond donors (Lipinski definition) is 0. The van der Waals surface area contributed by atoms with Crippen molar-refractivity contribution in [2.75, 3.05) is 14.2 Å². The molecule has 0 spiro atoms. The number of aryl methyl sites for hydroxylation is 6. The molecule has 0 unspecified atom stereocenters. The van der Waals surface area contributed by atoms with Crippen molar-refractivity contribution in [3.8, 4) is 11.5 Å². The molecule has 0 radical (unpaired) electrons. The maximum atomic E-state index is 5.47. The van der Waals surface area contributed by atoms with Gasteiger partial charge in [-0.2, -0.15) is 0 Å². The summed E-state index contributed by atoms with van der Waals surface area (Å²) in [5.41, 5.74) is 7.68. The molecule has 0 aliphatic heterocycles. The number of rotatable bonds is 9. The highest BCUT2D eigenvalue weighted by Crippen LogP contribution is 2.32. The molecule has 6 heteroatoms. The molecule has 4 aromatic heterocycles. The monoisotopic (exact) mass is 536 g/mol. The summed E-state index contributed by atoms with van der Waals surface area (Å²) in [6.07, 6.45) is 9.34. The first-order chi connectivity index (χ1) is 19.4. The third-order valence-electron chi connectivity index (χ3n) is 8.83. The molecular formula is C34H40N4O2+2. The zero-order valence-electron chi connectivity index (χ0n) is 24.6. The first-order valence-corrected chi connectivity index (χ1v) is 14.3. The third-order valence-corrected chi connectivity index (χ3v) is 8.83. The second-order valence-corrected chi connectivity index (χ2v) is 11.0. The van der Waals surface area contributed by atoms with Crippen LogP contribution >= 0.6 is 0 Å². The molecule has 0 saturated heterocycles. The Morgan fingerprint density at radius 2 is 1.00 bits per heavy atom. The Morgan fingerprint density at radius 1 is 0.575 bits per heavy atom. The van der Waals surface area contributed by atoms with Crippen LogP contribution in [0.5, 0.6) is 11.5 Å². The lowest BCUT2D eigenvalue weighted by molar-refractivity contribution is -0.703. The Hall–Kier alpha value is -4.06. The zero-order valence-corrected chi connectivity index (χ0v) is 24.6. The van der Waals surface area contributed by atoms with Gasteiger partial charge >= 0.3 is 0 Å². The van der Waals surface area contributed by atoms with Crippen LogP contribution < -0.4 is 18.6 Å². The molecule has 0 aliphatic carbocycles. The predicted octanol–water partition coefficient (Wildman–Crippen LogP) is 6.45. The van der Waals surface area contributed by atoms with E-state index < -0.39 is 0 Å². The minimum absolute atomic E-state index is 0.898. The van der Waals surface area contributed by atoms with E-state index in [4.69, 9.17) is 9.47 Å². The van der Waals surface area contributed by atoms with Gasteiger partial charge in [-0.3, -0.25) is 0 Å². The SMILES string of the molecule is COc1ccc2c3cc[n+](CCCCCC[n+]4ccc5c6ccc(OC)cc6n(C)c5c4C)c(C)c3n(C)c2c1. The summed E-state index contributed by atoms with van der Waals surface area (Å²) in [4.78, 5) is 0. The fraction of sp³-hybridized carbons (Fsp3) is 0.353. The van der Waals surface area contributed by atoms with E-state index in [0.717, 1.165) is 24.6 Å². The Kier molecular flexibility index (Phi) is 6.87. The van der Waals surface area contributed by atoms with Gasteiger partial charge in [-0.05, 0) is 37.1 Å². The quantitative estimate of drug-likeness (QED) is 0.157. The van der Waals surface area contributed by atoms with Crippen molar-refractivity contribution >= 4 is 43.6 Å². The van der Waals surface area contributed by atoms with Crippen LogP contribution in [-0.4, -0.2) is 23.4 Å². The summed E-state index contributed by atoms with van der Waals surface area (Å²) < 4.78 is 20.4. The Balaban J connectivity index is 1.10. The first-order valence-electron chi connectivity index (χ1n) is 14.3. The molecular weight excluding hydrogens is 496 g/mol. The molecule has 0 bridgehead atoms. The largest absolute Gasteiger partial charge is 0.497 e. The lowest BCUT2D eigenvalue weighted by Crippen LogP contribution is -2.37. The maximum absolute atomic E-state index is 5.47. The number of fused-ring (bicyclic) bond motifs is 6. The first kappa shape index (κ1) is 26.2. The number of pyridine rings is 2. The van der Waals surface area contributed by atoms with E-state index in [9.17, 15) is 0 Å². The fourth-order valence-electron chi connectivity index (χ4n) is 6.58. The number of nitrogens with zero attached hydrogens (tertiary/aromatic N) is 4. The van der Waals surface area contributed by atoms with Crippen molar-refractivity contribution in [3.63, 3.8) is 0 Å². The number of aromatic nitrogens is 4. The van der Waals surface area contributed by atoms with Gasteiger partial charge in [0.15, 0.2) is 12.4 Å². The molecule has 4 heterocycles. The van der Waals surface area contributed by atoms with Gasteiger partial charge in [-0.1, -0.05) is 0 Å². The molecule has 6 rings (SSSR count). The van der Waals surface area contributed by atoms with E-state index in [1.165, 1.54) is 80.7 Å². The summed E-state index contributed by atoms with van der Waals surface area (Å²) >= 11 is 0.